The minimum absolute atomic E-state index is 0.0168. The number of likely N-dealkylation sites (tertiary alicyclic amines) is 3. The largest absolute Gasteiger partial charge is 0.465 e. The summed E-state index contributed by atoms with van der Waals surface area (Å²) in [5.41, 5.74) is 3.79. The van der Waals surface area contributed by atoms with Crippen molar-refractivity contribution in [1.29, 1.82) is 0 Å². The highest BCUT2D eigenvalue weighted by atomic mass is 35.5. The monoisotopic (exact) mass is 649 g/mol. The summed E-state index contributed by atoms with van der Waals surface area (Å²) in [6.07, 6.45) is 5.47. The molecule has 2 N–H and O–H groups in total. The van der Waals surface area contributed by atoms with Crippen molar-refractivity contribution in [1.82, 2.24) is 19.6 Å². The first-order valence-corrected chi connectivity index (χ1v) is 17.4. The van der Waals surface area contributed by atoms with E-state index in [0.29, 0.717) is 55.8 Å². The number of hydrogen-bond acceptors (Lipinski definition) is 4. The van der Waals surface area contributed by atoms with E-state index in [2.05, 4.69) is 17.3 Å². The summed E-state index contributed by atoms with van der Waals surface area (Å²) in [7, 11) is 2.19. The van der Waals surface area contributed by atoms with Gasteiger partial charge in [0.2, 0.25) is 5.91 Å². The predicted molar refractivity (Wildman–Crippen MR) is 180 cm³/mol. The van der Waals surface area contributed by atoms with Crippen molar-refractivity contribution < 1.29 is 19.5 Å². The lowest BCUT2D eigenvalue weighted by Gasteiger charge is -2.46. The molecule has 0 saturated carbocycles. The Balaban J connectivity index is 1.23. The Morgan fingerprint density at radius 3 is 2.35 bits per heavy atom. The van der Waals surface area contributed by atoms with Crippen molar-refractivity contribution in [3.05, 3.63) is 64.2 Å². The van der Waals surface area contributed by atoms with Gasteiger partial charge >= 0.3 is 12.1 Å². The molecule has 0 aliphatic carbocycles. The molecule has 4 amide bonds. The highest BCUT2D eigenvalue weighted by molar-refractivity contribution is 6.31. The van der Waals surface area contributed by atoms with E-state index < -0.39 is 18.1 Å². The number of carboxylic acid groups (broad SMARTS) is 1. The number of halogens is 1. The number of nitrogens with one attached hydrogen (secondary N) is 1. The van der Waals surface area contributed by atoms with Crippen LogP contribution in [-0.4, -0.2) is 101 Å². The van der Waals surface area contributed by atoms with Crippen LogP contribution in [0.25, 0.3) is 0 Å². The molecule has 0 spiro atoms. The summed E-state index contributed by atoms with van der Waals surface area (Å²) in [5, 5.41) is 14.1. The van der Waals surface area contributed by atoms with Crippen LogP contribution in [0.4, 0.5) is 15.3 Å². The average Bonchev–Trinajstić information content (AvgIpc) is 3.23. The van der Waals surface area contributed by atoms with Crippen molar-refractivity contribution in [3.63, 3.8) is 0 Å². The van der Waals surface area contributed by atoms with Gasteiger partial charge in [-0.1, -0.05) is 41.9 Å². The molecule has 0 aromatic heterocycles. The van der Waals surface area contributed by atoms with Gasteiger partial charge in [-0.25, -0.2) is 9.59 Å². The lowest BCUT2D eigenvalue weighted by atomic mass is 9.78. The third-order valence-electron chi connectivity index (χ3n) is 11.2. The lowest BCUT2D eigenvalue weighted by Crippen LogP contribution is -2.59. The third-order valence-corrected chi connectivity index (χ3v) is 11.6. The number of anilines is 1. The van der Waals surface area contributed by atoms with Crippen molar-refractivity contribution in [2.75, 3.05) is 51.6 Å². The van der Waals surface area contributed by atoms with Gasteiger partial charge in [0.15, 0.2) is 0 Å². The fourth-order valence-corrected chi connectivity index (χ4v) is 8.55. The zero-order valence-corrected chi connectivity index (χ0v) is 27.9. The summed E-state index contributed by atoms with van der Waals surface area (Å²) >= 11 is 6.53. The summed E-state index contributed by atoms with van der Waals surface area (Å²) in [5.74, 6) is 0.784. The number of para-hydroxylation sites is 1. The number of urea groups is 1. The van der Waals surface area contributed by atoms with E-state index in [1.165, 1.54) is 17.7 Å². The normalized spacial score (nSPS) is 24.2. The van der Waals surface area contributed by atoms with Gasteiger partial charge < -0.3 is 30.0 Å². The number of aryl methyl sites for hydroxylation is 1. The number of rotatable bonds is 6. The minimum Gasteiger partial charge on any atom is -0.465 e. The zero-order chi connectivity index (χ0) is 32.4. The number of fused-ring (bicyclic) bond motifs is 1. The molecular weight excluding hydrogens is 602 g/mol. The number of nitrogens with zero attached hydrogens (tertiary/aromatic N) is 4. The quantitative estimate of drug-likeness (QED) is 0.401. The molecule has 0 radical (unpaired) electrons. The van der Waals surface area contributed by atoms with Gasteiger partial charge in [-0.2, -0.15) is 0 Å². The standard InChI is InChI=1S/C36H48ClN5O4/c1-24-7-8-25(22-31(24)37)21-30(34(43)40-17-11-27(12-18-40)26-9-15-39(2)16-10-26)33-23-29(14-20-42(33)36(45)46)41-19-13-28-5-3-4-6-32(28)38-35(41)44/h3-8,22,26-27,29-30,33H,9-21,23H2,1-2H3,(H,38,44)(H,45,46)/t29?,30?,33-/m1/s1. The first-order valence-electron chi connectivity index (χ1n) is 17.1. The highest BCUT2D eigenvalue weighted by Crippen LogP contribution is 2.36. The Morgan fingerprint density at radius 2 is 1.65 bits per heavy atom. The molecule has 2 aromatic carbocycles. The first kappa shape index (κ1) is 32.6. The minimum atomic E-state index is -1.02. The Labute approximate surface area is 277 Å². The van der Waals surface area contributed by atoms with E-state index in [1.54, 1.807) is 0 Å². The van der Waals surface area contributed by atoms with E-state index >= 15 is 0 Å². The maximum atomic E-state index is 14.6. The average molecular weight is 650 g/mol. The maximum absolute atomic E-state index is 14.6. The number of amides is 4. The molecule has 2 aromatic rings. The molecule has 9 nitrogen and oxygen atoms in total. The molecule has 3 saturated heterocycles. The van der Waals surface area contributed by atoms with Gasteiger partial charge in [0, 0.05) is 49.0 Å². The molecule has 6 rings (SSSR count). The van der Waals surface area contributed by atoms with E-state index in [-0.39, 0.29) is 24.5 Å². The molecule has 4 aliphatic heterocycles. The summed E-state index contributed by atoms with van der Waals surface area (Å²) in [4.78, 5) is 48.5. The summed E-state index contributed by atoms with van der Waals surface area (Å²) < 4.78 is 0. The molecule has 2 unspecified atom stereocenters. The second-order valence-electron chi connectivity index (χ2n) is 13.9. The maximum Gasteiger partial charge on any atom is 0.407 e. The predicted octanol–water partition coefficient (Wildman–Crippen LogP) is 5.99. The molecule has 0 bridgehead atoms. The van der Waals surface area contributed by atoms with Crippen LogP contribution >= 0.6 is 11.6 Å². The molecule has 3 atom stereocenters. The van der Waals surface area contributed by atoms with Crippen LogP contribution in [0, 0.1) is 24.7 Å². The molecular formula is C36H48ClN5O4. The molecule has 248 valence electrons. The Morgan fingerprint density at radius 1 is 0.957 bits per heavy atom. The van der Waals surface area contributed by atoms with E-state index in [1.807, 2.05) is 59.2 Å². The van der Waals surface area contributed by atoms with E-state index in [9.17, 15) is 19.5 Å². The number of piperidine rings is 3. The van der Waals surface area contributed by atoms with Crippen LogP contribution < -0.4 is 5.32 Å². The number of carbonyl (C=O) groups excluding carboxylic acids is 2. The van der Waals surface area contributed by atoms with Crippen LogP contribution in [-0.2, 0) is 17.6 Å². The second kappa shape index (κ2) is 14.2. The fourth-order valence-electron chi connectivity index (χ4n) is 8.35. The SMILES string of the molecule is Cc1ccc(CC(C(=O)N2CCC(C3CCN(C)CC3)CC2)[C@H]2CC(N3CCc4ccccc4NC3=O)CCN2C(=O)O)cc1Cl. The van der Waals surface area contributed by atoms with Gasteiger partial charge in [0.25, 0.3) is 0 Å². The van der Waals surface area contributed by atoms with Crippen molar-refractivity contribution in [3.8, 4) is 0 Å². The summed E-state index contributed by atoms with van der Waals surface area (Å²) in [6.45, 7) is 6.46. The molecule has 4 aliphatic rings. The van der Waals surface area contributed by atoms with Crippen molar-refractivity contribution >= 4 is 35.3 Å². The van der Waals surface area contributed by atoms with E-state index in [0.717, 1.165) is 54.7 Å². The first-order chi connectivity index (χ1) is 22.2. The second-order valence-corrected chi connectivity index (χ2v) is 14.4. The highest BCUT2D eigenvalue weighted by Gasteiger charge is 2.44. The zero-order valence-electron chi connectivity index (χ0n) is 27.2. The number of carbonyl (C=O) groups is 3. The molecule has 46 heavy (non-hydrogen) atoms. The topological polar surface area (TPSA) is 96.4 Å². The Bertz CT molecular complexity index is 1420. The van der Waals surface area contributed by atoms with Crippen LogP contribution in [0.2, 0.25) is 5.02 Å². The lowest BCUT2D eigenvalue weighted by molar-refractivity contribution is -0.140. The number of hydrogen-bond donors (Lipinski definition) is 2. The van der Waals surface area contributed by atoms with Gasteiger partial charge in [0.05, 0.1) is 5.92 Å². The van der Waals surface area contributed by atoms with Crippen LogP contribution in [0.1, 0.15) is 55.2 Å². The van der Waals surface area contributed by atoms with Gasteiger partial charge in [-0.15, -0.1) is 0 Å². The Kier molecular flexibility index (Phi) is 10.1. The van der Waals surface area contributed by atoms with E-state index in [4.69, 9.17) is 11.6 Å². The smallest absolute Gasteiger partial charge is 0.407 e. The number of benzene rings is 2. The molecule has 10 heteroatoms. The molecule has 4 heterocycles. The summed E-state index contributed by atoms with van der Waals surface area (Å²) in [6, 6.07) is 12.8. The van der Waals surface area contributed by atoms with Crippen LogP contribution in [0.15, 0.2) is 42.5 Å². The fraction of sp³-hybridized carbons (Fsp3) is 0.583. The van der Waals surface area contributed by atoms with Gasteiger partial charge in [-0.05, 0) is 119 Å². The molecule has 3 fully saturated rings. The Hall–Kier alpha value is -3.30. The van der Waals surface area contributed by atoms with Gasteiger partial charge in [-0.3, -0.25) is 4.79 Å². The third kappa shape index (κ3) is 7.15. The van der Waals surface area contributed by atoms with Crippen LogP contribution in [0.3, 0.4) is 0 Å². The van der Waals surface area contributed by atoms with Gasteiger partial charge in [0.1, 0.15) is 0 Å². The van der Waals surface area contributed by atoms with Crippen molar-refractivity contribution in [2.45, 2.75) is 70.4 Å². The van der Waals surface area contributed by atoms with Crippen molar-refractivity contribution in [2.24, 2.45) is 17.8 Å². The van der Waals surface area contributed by atoms with Crippen LogP contribution in [0.5, 0.6) is 0 Å².